The molecule has 0 aromatic carbocycles. The van der Waals surface area contributed by atoms with Crippen molar-refractivity contribution in [3.63, 3.8) is 0 Å². The van der Waals surface area contributed by atoms with Crippen LogP contribution in [0.2, 0.25) is 0 Å². The van der Waals surface area contributed by atoms with Gasteiger partial charge in [-0.3, -0.25) is 0 Å². The van der Waals surface area contributed by atoms with E-state index in [4.69, 9.17) is 0 Å². The standard InChI is InChI=1S/C16H28/c1-15-12-10-8-6-4-3-5-7-9-11-13-16(2)14-15/h14H,1,3-13H2,2H3/b16-14-. The maximum atomic E-state index is 4.16. The molecule has 0 bridgehead atoms. The van der Waals surface area contributed by atoms with Crippen LogP contribution in [0.4, 0.5) is 0 Å². The Labute approximate surface area is 102 Å². The summed E-state index contributed by atoms with van der Waals surface area (Å²) in [5.41, 5.74) is 2.87. The Bertz CT molecular complexity index is 222. The summed E-state index contributed by atoms with van der Waals surface area (Å²) in [6.07, 6.45) is 17.5. The molecule has 16 heavy (non-hydrogen) atoms. The summed E-state index contributed by atoms with van der Waals surface area (Å²) in [4.78, 5) is 0. The first-order chi connectivity index (χ1) is 7.79. The fourth-order valence-electron chi connectivity index (χ4n) is 2.49. The normalized spacial score (nSPS) is 25.6. The summed E-state index contributed by atoms with van der Waals surface area (Å²) < 4.78 is 0. The van der Waals surface area contributed by atoms with Crippen LogP contribution in [0.15, 0.2) is 23.8 Å². The van der Waals surface area contributed by atoms with Crippen molar-refractivity contribution in [2.75, 3.05) is 0 Å². The van der Waals surface area contributed by atoms with Gasteiger partial charge in [0.25, 0.3) is 0 Å². The molecule has 0 saturated carbocycles. The van der Waals surface area contributed by atoms with E-state index in [2.05, 4.69) is 19.6 Å². The number of allylic oxidation sites excluding steroid dienone is 3. The van der Waals surface area contributed by atoms with Crippen LogP contribution >= 0.6 is 0 Å². The highest BCUT2D eigenvalue weighted by Gasteiger charge is 1.98. The third-order valence-corrected chi connectivity index (χ3v) is 3.52. The molecule has 1 aliphatic rings. The van der Waals surface area contributed by atoms with E-state index in [1.165, 1.54) is 81.8 Å². The molecule has 0 unspecified atom stereocenters. The molecule has 0 fully saturated rings. The smallest absolute Gasteiger partial charge is 0.0285 e. The molecule has 92 valence electrons. The lowest BCUT2D eigenvalue weighted by atomic mass is 10.00. The first-order valence-corrected chi connectivity index (χ1v) is 7.14. The molecule has 0 radical (unpaired) electrons. The predicted octanol–water partition coefficient (Wildman–Crippen LogP) is 5.79. The van der Waals surface area contributed by atoms with Crippen LogP contribution in [0.3, 0.4) is 0 Å². The number of rotatable bonds is 0. The Morgan fingerprint density at radius 2 is 1.19 bits per heavy atom. The molecule has 0 nitrogen and oxygen atoms in total. The van der Waals surface area contributed by atoms with Gasteiger partial charge in [-0.25, -0.2) is 0 Å². The number of hydrogen-bond acceptors (Lipinski definition) is 0. The van der Waals surface area contributed by atoms with E-state index in [1.807, 2.05) is 0 Å². The lowest BCUT2D eigenvalue weighted by Crippen LogP contribution is -1.87. The van der Waals surface area contributed by atoms with Gasteiger partial charge in [-0.15, -0.1) is 0 Å². The monoisotopic (exact) mass is 220 g/mol. The molecule has 0 heterocycles. The van der Waals surface area contributed by atoms with Gasteiger partial charge in [0.1, 0.15) is 0 Å². The highest BCUT2D eigenvalue weighted by atomic mass is 14.0. The summed E-state index contributed by atoms with van der Waals surface area (Å²) in [5, 5.41) is 0. The Balaban J connectivity index is 2.35. The van der Waals surface area contributed by atoms with Gasteiger partial charge in [0, 0.05) is 0 Å². The highest BCUT2D eigenvalue weighted by Crippen LogP contribution is 2.18. The van der Waals surface area contributed by atoms with Crippen molar-refractivity contribution in [2.24, 2.45) is 0 Å². The van der Waals surface area contributed by atoms with E-state index < -0.39 is 0 Å². The lowest BCUT2D eigenvalue weighted by Gasteiger charge is -2.07. The van der Waals surface area contributed by atoms with E-state index >= 15 is 0 Å². The van der Waals surface area contributed by atoms with E-state index in [9.17, 15) is 0 Å². The zero-order valence-corrected chi connectivity index (χ0v) is 11.1. The quantitative estimate of drug-likeness (QED) is 0.484. The molecular weight excluding hydrogens is 192 g/mol. The molecule has 0 saturated heterocycles. The van der Waals surface area contributed by atoms with Crippen molar-refractivity contribution in [3.8, 4) is 0 Å². The minimum absolute atomic E-state index is 1.21. The maximum Gasteiger partial charge on any atom is -0.0285 e. The summed E-state index contributed by atoms with van der Waals surface area (Å²) >= 11 is 0. The minimum Gasteiger partial charge on any atom is -0.0958 e. The summed E-state index contributed by atoms with van der Waals surface area (Å²) in [6.45, 7) is 6.42. The van der Waals surface area contributed by atoms with Crippen LogP contribution in [0.25, 0.3) is 0 Å². The summed E-state index contributed by atoms with van der Waals surface area (Å²) in [7, 11) is 0. The first-order valence-electron chi connectivity index (χ1n) is 7.14. The van der Waals surface area contributed by atoms with Gasteiger partial charge in [-0.05, 0) is 32.6 Å². The van der Waals surface area contributed by atoms with Gasteiger partial charge < -0.3 is 0 Å². The number of hydrogen-bond donors (Lipinski definition) is 0. The summed E-state index contributed by atoms with van der Waals surface area (Å²) in [5.74, 6) is 0. The highest BCUT2D eigenvalue weighted by molar-refractivity contribution is 5.19. The van der Waals surface area contributed by atoms with E-state index in [1.54, 1.807) is 0 Å². The average Bonchev–Trinajstić information content (AvgIpc) is 2.25. The molecule has 0 N–H and O–H groups in total. The van der Waals surface area contributed by atoms with Crippen LogP contribution in [-0.2, 0) is 0 Å². The van der Waals surface area contributed by atoms with Crippen LogP contribution < -0.4 is 0 Å². The van der Waals surface area contributed by atoms with Gasteiger partial charge in [0.15, 0.2) is 0 Å². The van der Waals surface area contributed by atoms with Gasteiger partial charge >= 0.3 is 0 Å². The van der Waals surface area contributed by atoms with Crippen molar-refractivity contribution in [2.45, 2.75) is 77.6 Å². The second-order valence-corrected chi connectivity index (χ2v) is 5.33. The van der Waals surface area contributed by atoms with Crippen molar-refractivity contribution < 1.29 is 0 Å². The molecule has 1 aliphatic carbocycles. The van der Waals surface area contributed by atoms with Gasteiger partial charge in [0.2, 0.25) is 0 Å². The predicted molar refractivity (Wildman–Crippen MR) is 73.7 cm³/mol. The zero-order chi connectivity index (χ0) is 11.6. The van der Waals surface area contributed by atoms with E-state index in [0.717, 1.165) is 0 Å². The van der Waals surface area contributed by atoms with Gasteiger partial charge in [0.05, 0.1) is 0 Å². The third-order valence-electron chi connectivity index (χ3n) is 3.52. The van der Waals surface area contributed by atoms with Crippen LogP contribution in [0.1, 0.15) is 77.6 Å². The molecule has 0 aromatic heterocycles. The zero-order valence-electron chi connectivity index (χ0n) is 11.1. The van der Waals surface area contributed by atoms with Gasteiger partial charge in [-0.2, -0.15) is 0 Å². The Hall–Kier alpha value is -0.520. The third kappa shape index (κ3) is 6.87. The molecule has 1 rings (SSSR count). The second-order valence-electron chi connectivity index (χ2n) is 5.33. The largest absolute Gasteiger partial charge is 0.0958 e. The Morgan fingerprint density at radius 1 is 0.750 bits per heavy atom. The Morgan fingerprint density at radius 3 is 1.75 bits per heavy atom. The summed E-state index contributed by atoms with van der Waals surface area (Å²) in [6, 6.07) is 0. The van der Waals surface area contributed by atoms with Crippen molar-refractivity contribution in [3.05, 3.63) is 23.8 Å². The minimum atomic E-state index is 1.21. The molecule has 0 aliphatic heterocycles. The van der Waals surface area contributed by atoms with E-state index in [-0.39, 0.29) is 0 Å². The maximum absolute atomic E-state index is 4.16. The average molecular weight is 220 g/mol. The second kappa shape index (κ2) is 8.61. The van der Waals surface area contributed by atoms with Crippen molar-refractivity contribution in [1.82, 2.24) is 0 Å². The molecule has 0 aromatic rings. The molecule has 0 amide bonds. The van der Waals surface area contributed by atoms with Crippen molar-refractivity contribution in [1.29, 1.82) is 0 Å². The fraction of sp³-hybridized carbons (Fsp3) is 0.750. The lowest BCUT2D eigenvalue weighted by molar-refractivity contribution is 0.556. The topological polar surface area (TPSA) is 0 Å². The van der Waals surface area contributed by atoms with Crippen molar-refractivity contribution >= 4 is 0 Å². The molecule has 0 atom stereocenters. The first kappa shape index (κ1) is 13.5. The SMILES string of the molecule is C=C1/C=C(/C)CCCCCCCCCCC1. The molecule has 0 spiro atoms. The van der Waals surface area contributed by atoms with Crippen LogP contribution in [0.5, 0.6) is 0 Å². The van der Waals surface area contributed by atoms with Crippen LogP contribution in [0, 0.1) is 0 Å². The molecular formula is C16H28. The van der Waals surface area contributed by atoms with Gasteiger partial charge in [-0.1, -0.05) is 68.7 Å². The van der Waals surface area contributed by atoms with Crippen LogP contribution in [-0.4, -0.2) is 0 Å². The van der Waals surface area contributed by atoms with E-state index in [0.29, 0.717) is 0 Å². The molecule has 0 heteroatoms. The Kier molecular flexibility index (Phi) is 7.29. The fourth-order valence-corrected chi connectivity index (χ4v) is 2.49.